The number of carbonyl (C=O) groups is 4. The number of carbonyl (C=O) groups excluding carboxylic acids is 4. The number of aromatic nitrogens is 2. The third kappa shape index (κ3) is 10.4. The largest absolute Gasteiger partial charge is 0.381 e. The fourth-order valence-corrected chi connectivity index (χ4v) is 7.57. The van der Waals surface area contributed by atoms with Crippen LogP contribution in [0.1, 0.15) is 62.9 Å². The van der Waals surface area contributed by atoms with Crippen molar-refractivity contribution < 1.29 is 37.1 Å². The van der Waals surface area contributed by atoms with Crippen LogP contribution in [0.3, 0.4) is 0 Å². The molecule has 2 aromatic carbocycles. The molecular weight excluding hydrogens is 727 g/mol. The van der Waals surface area contributed by atoms with Gasteiger partial charge in [0.15, 0.2) is 0 Å². The number of halogens is 3. The molecule has 3 aliphatic rings. The summed E-state index contributed by atoms with van der Waals surface area (Å²) >= 11 is 0. The molecule has 300 valence electrons. The third-order valence-corrected chi connectivity index (χ3v) is 10.6. The van der Waals surface area contributed by atoms with Gasteiger partial charge in [-0.1, -0.05) is 36.8 Å². The molecule has 2 fully saturated rings. The van der Waals surface area contributed by atoms with Crippen LogP contribution >= 0.6 is 0 Å². The maximum atomic E-state index is 15.3. The van der Waals surface area contributed by atoms with Crippen LogP contribution in [0.25, 0.3) is 11.3 Å². The van der Waals surface area contributed by atoms with Gasteiger partial charge < -0.3 is 30.2 Å². The maximum Gasteiger partial charge on any atom is 0.318 e. The van der Waals surface area contributed by atoms with E-state index in [1.807, 2.05) is 34.9 Å². The zero-order chi connectivity index (χ0) is 39.6. The molecule has 0 bridgehead atoms. The van der Waals surface area contributed by atoms with Crippen molar-refractivity contribution in [1.29, 1.82) is 0 Å². The second-order valence-corrected chi connectivity index (χ2v) is 14.8. The highest BCUT2D eigenvalue weighted by Crippen LogP contribution is 2.38. The van der Waals surface area contributed by atoms with Gasteiger partial charge in [0.1, 0.15) is 23.6 Å². The van der Waals surface area contributed by atoms with Crippen LogP contribution in [0.15, 0.2) is 66.9 Å². The van der Waals surface area contributed by atoms with Crippen LogP contribution < -0.4 is 16.0 Å². The molecule has 0 saturated carbocycles. The van der Waals surface area contributed by atoms with Gasteiger partial charge in [0.25, 0.3) is 11.8 Å². The van der Waals surface area contributed by atoms with Crippen molar-refractivity contribution in [3.63, 3.8) is 0 Å². The van der Waals surface area contributed by atoms with Crippen LogP contribution in [0.2, 0.25) is 0 Å². The molecule has 1 unspecified atom stereocenters. The molecule has 3 aliphatic heterocycles. The van der Waals surface area contributed by atoms with Crippen LogP contribution in [-0.4, -0.2) is 101 Å². The Kier molecular flexibility index (Phi) is 13.9. The number of alkyl halides is 1. The molecule has 12 nitrogen and oxygen atoms in total. The number of unbranched alkanes of at least 4 members (excludes halogenated alkanes) is 2. The highest BCUT2D eigenvalue weighted by Gasteiger charge is 2.40. The third-order valence-electron chi connectivity index (χ3n) is 10.6. The topological polar surface area (TPSA) is 138 Å². The van der Waals surface area contributed by atoms with E-state index in [9.17, 15) is 23.6 Å². The van der Waals surface area contributed by atoms with E-state index in [0.717, 1.165) is 23.8 Å². The lowest BCUT2D eigenvalue weighted by Gasteiger charge is -2.40. The Morgan fingerprint density at radius 3 is 2.48 bits per heavy atom. The summed E-state index contributed by atoms with van der Waals surface area (Å²) in [5.74, 6) is -2.30. The van der Waals surface area contributed by atoms with Gasteiger partial charge in [-0.3, -0.25) is 19.3 Å². The van der Waals surface area contributed by atoms with Crippen LogP contribution in [0.4, 0.5) is 18.0 Å². The Labute approximate surface area is 324 Å². The minimum atomic E-state index is -1.19. The van der Waals surface area contributed by atoms with Crippen LogP contribution in [0.5, 0.6) is 0 Å². The molecule has 1 aromatic heterocycles. The van der Waals surface area contributed by atoms with Gasteiger partial charge in [-0.15, -0.1) is 0 Å². The minimum absolute atomic E-state index is 0.0120. The van der Waals surface area contributed by atoms with Crippen molar-refractivity contribution in [2.45, 2.75) is 70.2 Å². The molecule has 3 N–H and O–H groups in total. The van der Waals surface area contributed by atoms with Gasteiger partial charge >= 0.3 is 6.03 Å². The lowest BCUT2D eigenvalue weighted by molar-refractivity contribution is -0.137. The van der Waals surface area contributed by atoms with E-state index in [0.29, 0.717) is 70.8 Å². The smallest absolute Gasteiger partial charge is 0.318 e. The first-order chi connectivity index (χ1) is 27.1. The quantitative estimate of drug-likeness (QED) is 0.131. The lowest BCUT2D eigenvalue weighted by Crippen LogP contribution is -2.52. The van der Waals surface area contributed by atoms with Crippen molar-refractivity contribution in [2.75, 3.05) is 45.9 Å². The summed E-state index contributed by atoms with van der Waals surface area (Å²) in [5, 5.41) is 8.99. The van der Waals surface area contributed by atoms with Crippen LogP contribution in [0, 0.1) is 23.5 Å². The van der Waals surface area contributed by atoms with Gasteiger partial charge in [-0.05, 0) is 62.3 Å². The zero-order valence-corrected chi connectivity index (χ0v) is 31.6. The number of nitrogens with zero attached hydrogens (tertiary/aromatic N) is 4. The zero-order valence-electron chi connectivity index (χ0n) is 31.6. The second-order valence-electron chi connectivity index (χ2n) is 14.8. The summed E-state index contributed by atoms with van der Waals surface area (Å²) in [5.41, 5.74) is 1.13. The number of hydrogen-bond donors (Lipinski definition) is 3. The van der Waals surface area contributed by atoms with Gasteiger partial charge in [0, 0.05) is 94.8 Å². The molecule has 3 aromatic rings. The fourth-order valence-electron chi connectivity index (χ4n) is 7.57. The molecule has 0 radical (unpaired) electrons. The van der Waals surface area contributed by atoms with Crippen molar-refractivity contribution in [3.05, 3.63) is 89.9 Å². The number of urea groups is 1. The van der Waals surface area contributed by atoms with Crippen LogP contribution in [-0.2, 0) is 25.7 Å². The summed E-state index contributed by atoms with van der Waals surface area (Å²) in [6.45, 7) is 4.06. The van der Waals surface area contributed by atoms with Gasteiger partial charge in [-0.25, -0.2) is 22.9 Å². The summed E-state index contributed by atoms with van der Waals surface area (Å²) in [6.07, 6.45) is 6.20. The average molecular weight is 778 g/mol. The summed E-state index contributed by atoms with van der Waals surface area (Å²) in [4.78, 5) is 58.5. The molecule has 0 aliphatic carbocycles. The number of hydrogen-bond acceptors (Lipinski definition) is 7. The van der Waals surface area contributed by atoms with Crippen molar-refractivity contribution in [3.8, 4) is 11.3 Å². The van der Waals surface area contributed by atoms with Crippen molar-refractivity contribution in [2.24, 2.45) is 11.8 Å². The Morgan fingerprint density at radius 1 is 1.02 bits per heavy atom. The first kappa shape index (κ1) is 40.6. The monoisotopic (exact) mass is 777 g/mol. The Balaban J connectivity index is 1.21. The number of imide groups is 1. The number of rotatable bonds is 17. The number of benzene rings is 2. The number of nitrogens with one attached hydrogen (secondary N) is 3. The van der Waals surface area contributed by atoms with E-state index >= 15 is 8.78 Å². The summed E-state index contributed by atoms with van der Waals surface area (Å²) in [7, 11) is 0. The first-order valence-electron chi connectivity index (χ1n) is 19.4. The Bertz CT molecular complexity index is 1850. The van der Waals surface area contributed by atoms with E-state index in [2.05, 4.69) is 16.0 Å². The van der Waals surface area contributed by atoms with Gasteiger partial charge in [0.2, 0.25) is 5.91 Å². The van der Waals surface area contributed by atoms with Crippen molar-refractivity contribution >= 4 is 23.8 Å². The molecule has 56 heavy (non-hydrogen) atoms. The Morgan fingerprint density at radius 2 is 1.77 bits per heavy atom. The van der Waals surface area contributed by atoms with Gasteiger partial charge in [0.05, 0.1) is 11.7 Å². The van der Waals surface area contributed by atoms with Gasteiger partial charge in [-0.2, -0.15) is 0 Å². The Hall–Kier alpha value is -5.02. The molecule has 4 atom stereocenters. The lowest BCUT2D eigenvalue weighted by atomic mass is 9.89. The molecule has 4 heterocycles. The fraction of sp³-hybridized carbons (Fsp3) is 0.488. The van der Waals surface area contributed by atoms with E-state index < -0.39 is 41.8 Å². The maximum absolute atomic E-state index is 15.3. The van der Waals surface area contributed by atoms with E-state index in [4.69, 9.17) is 9.72 Å². The van der Waals surface area contributed by atoms with E-state index in [-0.39, 0.29) is 61.0 Å². The SMILES string of the molecule is C[C@@H](CNC(=O)CCCCCN1C(=O)C=CC1=O)NC(=O)N(C[C@@H]1CNC[C@@H]1F)C(c1nc(-c2cc(F)ccc2F)cn1Cc1ccccc1)C1CCOCC1. The van der Waals surface area contributed by atoms with Crippen molar-refractivity contribution in [1.82, 2.24) is 35.3 Å². The minimum Gasteiger partial charge on any atom is -0.381 e. The highest BCUT2D eigenvalue weighted by atomic mass is 19.1. The molecule has 2 saturated heterocycles. The molecule has 0 spiro atoms. The van der Waals surface area contributed by atoms with E-state index in [1.165, 1.54) is 17.1 Å². The normalized spacial score (nSPS) is 19.7. The molecule has 5 amide bonds. The second kappa shape index (κ2) is 19.2. The number of ether oxygens (including phenoxy) is 1. The number of imidazole rings is 1. The first-order valence-corrected chi connectivity index (χ1v) is 19.4. The summed E-state index contributed by atoms with van der Waals surface area (Å²) < 4.78 is 52.6. The predicted octanol–water partition coefficient (Wildman–Crippen LogP) is 4.90. The molecule has 15 heteroatoms. The standard InChI is InChI=1S/C41H50F3N7O5/c1-27(21-46-36(52)10-6-3-7-17-50-37(53)13-14-38(50)54)47-41(55)51(25-30-22-45-23-34(30)44)39(29-15-18-56-19-16-29)40-48-35(32-20-31(42)11-12-33(32)43)26-49(40)24-28-8-4-2-5-9-28/h2,4-5,8-9,11-14,20,26-27,29-30,34,39,45H,3,6-7,10,15-19,21-25H2,1H3,(H,46,52)(H,47,55)/t27-,30-,34-,39?/m0/s1. The average Bonchev–Trinajstić information content (AvgIpc) is 3.89. The summed E-state index contributed by atoms with van der Waals surface area (Å²) in [6, 6.07) is 11.2. The molecule has 6 rings (SSSR count). The highest BCUT2D eigenvalue weighted by molar-refractivity contribution is 6.12. The number of amides is 5. The molecular formula is C41H50F3N7O5. The predicted molar refractivity (Wildman–Crippen MR) is 203 cm³/mol. The van der Waals surface area contributed by atoms with E-state index in [1.54, 1.807) is 18.0 Å².